The monoisotopic (exact) mass is 395 g/mol. The van der Waals surface area contributed by atoms with Gasteiger partial charge < -0.3 is 20.3 Å². The van der Waals surface area contributed by atoms with Crippen LogP contribution in [0.4, 0.5) is 0 Å². The summed E-state index contributed by atoms with van der Waals surface area (Å²) in [5.74, 6) is 0.605. The van der Waals surface area contributed by atoms with Crippen LogP contribution in [0.3, 0.4) is 0 Å². The molecule has 0 aliphatic rings. The molecule has 0 heterocycles. The van der Waals surface area contributed by atoms with Crippen molar-refractivity contribution in [3.63, 3.8) is 0 Å². The van der Waals surface area contributed by atoms with Gasteiger partial charge in [0.25, 0.3) is 0 Å². The molecule has 5 nitrogen and oxygen atoms in total. The van der Waals surface area contributed by atoms with Crippen LogP contribution < -0.4 is 10.1 Å². The number of aryl methyl sites for hydroxylation is 1. The zero-order chi connectivity index (χ0) is 20.3. The lowest BCUT2D eigenvalue weighted by molar-refractivity contribution is -0.122. The molecule has 1 rings (SSSR count). The number of unbranched alkanes of at least 4 members (excludes halogenated alkanes) is 2. The van der Waals surface area contributed by atoms with Crippen molar-refractivity contribution in [1.29, 1.82) is 0 Å². The summed E-state index contributed by atoms with van der Waals surface area (Å²) in [6.07, 6.45) is 4.72. The molecular weight excluding hydrogens is 358 g/mol. The fraction of sp³-hybridized carbons (Fsp3) is 0.667. The van der Waals surface area contributed by atoms with Crippen LogP contribution in [-0.4, -0.2) is 49.6 Å². The largest absolute Gasteiger partial charge is 0.494 e. The Kier molecular flexibility index (Phi) is 10.0. The van der Waals surface area contributed by atoms with E-state index in [1.807, 2.05) is 24.3 Å². The van der Waals surface area contributed by atoms with Gasteiger partial charge in [0.05, 0.1) is 25.4 Å². The molecule has 0 fully saturated rings. The average molecular weight is 396 g/mol. The quantitative estimate of drug-likeness (QED) is 0.353. The van der Waals surface area contributed by atoms with Crippen molar-refractivity contribution in [2.75, 3.05) is 19.8 Å². The van der Waals surface area contributed by atoms with Crippen LogP contribution in [-0.2, 0) is 11.2 Å². The van der Waals surface area contributed by atoms with Gasteiger partial charge in [-0.05, 0) is 37.0 Å². The Hall–Kier alpha value is -1.37. The summed E-state index contributed by atoms with van der Waals surface area (Å²) in [5, 5.41) is 21.8. The summed E-state index contributed by atoms with van der Waals surface area (Å²) in [6.45, 7) is 8.78. The molecule has 0 aliphatic carbocycles. The standard InChI is InChI=1S/C21H37NO4Si/c1-18(25)22-21(16-23,17-24)13-12-19-8-10-20(11-9-19)26-14-6-5-7-15-27(2,3)4/h8-11,23-24H,5-7,12-17H2,1-4H3,(H,22,25). The predicted octanol–water partition coefficient (Wildman–Crippen LogP) is 3.37. The molecule has 1 amide bonds. The molecule has 0 atom stereocenters. The third-order valence-corrected chi connectivity index (χ3v) is 6.56. The van der Waals surface area contributed by atoms with E-state index in [2.05, 4.69) is 25.0 Å². The second kappa shape index (κ2) is 11.5. The molecule has 0 radical (unpaired) electrons. The number of amides is 1. The Morgan fingerprint density at radius 1 is 1.07 bits per heavy atom. The van der Waals surface area contributed by atoms with Gasteiger partial charge in [-0.3, -0.25) is 4.79 Å². The van der Waals surface area contributed by atoms with E-state index in [9.17, 15) is 15.0 Å². The molecule has 0 saturated carbocycles. The lowest BCUT2D eigenvalue weighted by Gasteiger charge is -2.30. The number of carbonyl (C=O) groups excluding carboxylic acids is 1. The van der Waals surface area contributed by atoms with Crippen molar-refractivity contribution >= 4 is 14.0 Å². The second-order valence-corrected chi connectivity index (χ2v) is 14.3. The zero-order valence-electron chi connectivity index (χ0n) is 17.4. The van der Waals surface area contributed by atoms with Crippen LogP contribution in [0.2, 0.25) is 25.7 Å². The van der Waals surface area contributed by atoms with Gasteiger partial charge in [0.15, 0.2) is 0 Å². The number of aliphatic hydroxyl groups excluding tert-OH is 2. The summed E-state index contributed by atoms with van der Waals surface area (Å²) >= 11 is 0. The van der Waals surface area contributed by atoms with Crippen molar-refractivity contribution in [2.45, 2.75) is 70.3 Å². The normalized spacial score (nSPS) is 12.1. The highest BCUT2D eigenvalue weighted by Gasteiger charge is 2.29. The third-order valence-electron chi connectivity index (χ3n) is 4.70. The Labute approximate surface area is 165 Å². The molecule has 27 heavy (non-hydrogen) atoms. The second-order valence-electron chi connectivity index (χ2n) is 8.64. The Morgan fingerprint density at radius 3 is 2.22 bits per heavy atom. The van der Waals surface area contributed by atoms with Gasteiger partial charge in [0.2, 0.25) is 5.91 Å². The minimum absolute atomic E-state index is 0.258. The maximum atomic E-state index is 11.3. The van der Waals surface area contributed by atoms with E-state index in [-0.39, 0.29) is 19.1 Å². The lowest BCUT2D eigenvalue weighted by Crippen LogP contribution is -2.53. The number of benzene rings is 1. The van der Waals surface area contributed by atoms with Crippen molar-refractivity contribution in [2.24, 2.45) is 0 Å². The first-order chi connectivity index (χ1) is 12.7. The minimum Gasteiger partial charge on any atom is -0.494 e. The zero-order valence-corrected chi connectivity index (χ0v) is 18.4. The molecule has 0 bridgehead atoms. The summed E-state index contributed by atoms with van der Waals surface area (Å²) in [4.78, 5) is 11.3. The van der Waals surface area contributed by atoms with E-state index in [0.29, 0.717) is 12.8 Å². The number of aliphatic hydroxyl groups is 2. The molecule has 1 aromatic carbocycles. The van der Waals surface area contributed by atoms with Crippen LogP contribution in [0.5, 0.6) is 5.75 Å². The molecule has 0 aliphatic heterocycles. The lowest BCUT2D eigenvalue weighted by atomic mass is 9.92. The van der Waals surface area contributed by atoms with Crippen LogP contribution in [0.15, 0.2) is 24.3 Å². The topological polar surface area (TPSA) is 78.8 Å². The summed E-state index contributed by atoms with van der Waals surface area (Å²) in [7, 11) is -0.919. The highest BCUT2D eigenvalue weighted by molar-refractivity contribution is 6.76. The van der Waals surface area contributed by atoms with Gasteiger partial charge in [-0.15, -0.1) is 0 Å². The van der Waals surface area contributed by atoms with E-state index in [4.69, 9.17) is 4.74 Å². The fourth-order valence-corrected chi connectivity index (χ4v) is 4.29. The smallest absolute Gasteiger partial charge is 0.217 e. The van der Waals surface area contributed by atoms with E-state index in [1.165, 1.54) is 25.8 Å². The molecule has 0 saturated heterocycles. The Morgan fingerprint density at radius 2 is 1.70 bits per heavy atom. The van der Waals surface area contributed by atoms with Crippen LogP contribution >= 0.6 is 0 Å². The first kappa shape index (κ1) is 23.7. The SMILES string of the molecule is CC(=O)NC(CO)(CO)CCc1ccc(OCCCCC[Si](C)(C)C)cc1. The number of rotatable bonds is 13. The van der Waals surface area contributed by atoms with E-state index < -0.39 is 13.6 Å². The third kappa shape index (κ3) is 9.93. The molecular formula is C21H37NO4Si. The summed E-state index contributed by atoms with van der Waals surface area (Å²) in [5.41, 5.74) is 0.103. The maximum absolute atomic E-state index is 11.3. The Balaban J connectivity index is 2.37. The highest BCUT2D eigenvalue weighted by atomic mass is 28.3. The van der Waals surface area contributed by atoms with Crippen LogP contribution in [0.1, 0.15) is 38.2 Å². The molecule has 0 unspecified atom stereocenters. The van der Waals surface area contributed by atoms with Crippen molar-refractivity contribution in [1.82, 2.24) is 5.32 Å². The molecule has 1 aromatic rings. The van der Waals surface area contributed by atoms with Gasteiger partial charge >= 0.3 is 0 Å². The van der Waals surface area contributed by atoms with Crippen molar-refractivity contribution in [3.8, 4) is 5.75 Å². The van der Waals surface area contributed by atoms with Gasteiger partial charge in [-0.1, -0.05) is 50.7 Å². The first-order valence-electron chi connectivity index (χ1n) is 9.92. The summed E-state index contributed by atoms with van der Waals surface area (Å²) < 4.78 is 5.81. The Bertz CT molecular complexity index is 550. The van der Waals surface area contributed by atoms with E-state index >= 15 is 0 Å². The molecule has 6 heteroatoms. The molecule has 0 aromatic heterocycles. The van der Waals surface area contributed by atoms with Crippen molar-refractivity contribution in [3.05, 3.63) is 29.8 Å². The maximum Gasteiger partial charge on any atom is 0.217 e. The van der Waals surface area contributed by atoms with Crippen LogP contribution in [0, 0.1) is 0 Å². The first-order valence-corrected chi connectivity index (χ1v) is 13.6. The average Bonchev–Trinajstić information content (AvgIpc) is 2.61. The molecule has 0 spiro atoms. The number of hydrogen-bond acceptors (Lipinski definition) is 4. The molecule has 154 valence electrons. The van der Waals surface area contributed by atoms with Gasteiger partial charge in [0, 0.05) is 15.0 Å². The van der Waals surface area contributed by atoms with E-state index in [0.717, 1.165) is 24.3 Å². The van der Waals surface area contributed by atoms with Gasteiger partial charge in [0.1, 0.15) is 5.75 Å². The van der Waals surface area contributed by atoms with Crippen molar-refractivity contribution < 1.29 is 19.7 Å². The number of nitrogens with one attached hydrogen (secondary N) is 1. The fourth-order valence-electron chi connectivity index (χ4n) is 2.98. The van der Waals surface area contributed by atoms with Gasteiger partial charge in [-0.2, -0.15) is 0 Å². The number of hydrogen-bond donors (Lipinski definition) is 3. The minimum atomic E-state index is -0.975. The number of ether oxygens (including phenoxy) is 1. The highest BCUT2D eigenvalue weighted by Crippen LogP contribution is 2.18. The van der Waals surface area contributed by atoms with E-state index in [1.54, 1.807) is 0 Å². The van der Waals surface area contributed by atoms with Gasteiger partial charge in [-0.25, -0.2) is 0 Å². The number of carbonyl (C=O) groups is 1. The molecule has 3 N–H and O–H groups in total. The van der Waals surface area contributed by atoms with Crippen LogP contribution in [0.25, 0.3) is 0 Å². The predicted molar refractivity (Wildman–Crippen MR) is 113 cm³/mol. The summed E-state index contributed by atoms with van der Waals surface area (Å²) in [6, 6.07) is 9.27.